The fourth-order valence-electron chi connectivity index (χ4n) is 3.73. The van der Waals surface area contributed by atoms with Crippen molar-refractivity contribution in [2.75, 3.05) is 6.61 Å². The van der Waals surface area contributed by atoms with Crippen LogP contribution in [0.1, 0.15) is 27.2 Å². The van der Waals surface area contributed by atoms with Gasteiger partial charge in [-0.15, -0.1) is 0 Å². The van der Waals surface area contributed by atoms with Crippen LogP contribution in [0, 0.1) is 17.3 Å². The molecule has 15 heavy (non-hydrogen) atoms. The van der Waals surface area contributed by atoms with Crippen LogP contribution in [0.15, 0.2) is 10.1 Å². The van der Waals surface area contributed by atoms with Crippen molar-refractivity contribution in [3.63, 3.8) is 0 Å². The normalized spacial score (nSPS) is 52.9. The van der Waals surface area contributed by atoms with Gasteiger partial charge in [-0.25, -0.2) is 0 Å². The Balaban J connectivity index is 2.27. The summed E-state index contributed by atoms with van der Waals surface area (Å²) in [4.78, 5) is 12.3. The molecule has 82 valence electrons. The highest BCUT2D eigenvalue weighted by atomic mass is 79.9. The predicted molar refractivity (Wildman–Crippen MR) is 60.7 cm³/mol. The highest BCUT2D eigenvalue weighted by Crippen LogP contribution is 2.63. The van der Waals surface area contributed by atoms with Crippen molar-refractivity contribution in [3.05, 3.63) is 10.1 Å². The number of halogens is 1. The van der Waals surface area contributed by atoms with Gasteiger partial charge in [0.05, 0.1) is 6.61 Å². The predicted octanol–water partition coefficient (Wildman–Crippen LogP) is 2.67. The van der Waals surface area contributed by atoms with Crippen molar-refractivity contribution in [1.29, 1.82) is 0 Å². The maximum absolute atomic E-state index is 12.3. The first-order valence-electron chi connectivity index (χ1n) is 5.44. The van der Waals surface area contributed by atoms with Crippen LogP contribution in [0.5, 0.6) is 0 Å². The Labute approximate surface area is 98.2 Å². The van der Waals surface area contributed by atoms with E-state index in [1.54, 1.807) is 0 Å². The van der Waals surface area contributed by atoms with Gasteiger partial charge in [0.25, 0.3) is 0 Å². The van der Waals surface area contributed by atoms with E-state index in [0.717, 1.165) is 13.0 Å². The van der Waals surface area contributed by atoms with Gasteiger partial charge in [-0.3, -0.25) is 4.79 Å². The number of carbonyl (C=O) groups excluding carboxylic acids is 1. The molecule has 0 radical (unpaired) electrons. The minimum absolute atomic E-state index is 0.0851. The summed E-state index contributed by atoms with van der Waals surface area (Å²) in [6, 6.07) is 0. The Morgan fingerprint density at radius 1 is 1.47 bits per heavy atom. The molecule has 3 aliphatic carbocycles. The van der Waals surface area contributed by atoms with Crippen LogP contribution in [0.3, 0.4) is 0 Å². The van der Waals surface area contributed by atoms with Gasteiger partial charge in [0.15, 0.2) is 5.78 Å². The quantitative estimate of drug-likeness (QED) is 0.677. The molecule has 4 bridgehead atoms. The summed E-state index contributed by atoms with van der Waals surface area (Å²) in [5.41, 5.74) is 0.826. The fourth-order valence-corrected chi connectivity index (χ4v) is 5.00. The molecule has 1 aliphatic heterocycles. The number of carbonyl (C=O) groups is 1. The molecule has 4 atom stereocenters. The second-order valence-electron chi connectivity index (χ2n) is 5.63. The lowest BCUT2D eigenvalue weighted by molar-refractivity contribution is -0.146. The number of hydrogen-bond acceptors (Lipinski definition) is 2. The van der Waals surface area contributed by atoms with E-state index in [9.17, 15) is 4.79 Å². The molecule has 0 N–H and O–H groups in total. The van der Waals surface area contributed by atoms with Crippen LogP contribution in [0.4, 0.5) is 0 Å². The minimum Gasteiger partial charge on any atom is -0.366 e. The zero-order valence-corrected chi connectivity index (χ0v) is 10.8. The summed E-state index contributed by atoms with van der Waals surface area (Å²) in [6.45, 7) is 7.00. The molecule has 1 saturated heterocycles. The third kappa shape index (κ3) is 0.925. The highest BCUT2D eigenvalue weighted by molar-refractivity contribution is 9.11. The van der Waals surface area contributed by atoms with Gasteiger partial charge in [-0.2, -0.15) is 0 Å². The first-order valence-corrected chi connectivity index (χ1v) is 6.24. The molecule has 1 saturated carbocycles. The van der Waals surface area contributed by atoms with E-state index in [0.29, 0.717) is 5.78 Å². The van der Waals surface area contributed by atoms with Crippen LogP contribution in [0.2, 0.25) is 0 Å². The summed E-state index contributed by atoms with van der Waals surface area (Å²) in [6.07, 6.45) is 0.965. The summed E-state index contributed by atoms with van der Waals surface area (Å²) in [5.74, 6) is 0.618. The van der Waals surface area contributed by atoms with E-state index in [2.05, 4.69) is 29.8 Å². The van der Waals surface area contributed by atoms with Gasteiger partial charge in [0.1, 0.15) is 5.60 Å². The van der Waals surface area contributed by atoms with E-state index in [1.807, 2.05) is 6.92 Å². The van der Waals surface area contributed by atoms with E-state index in [-0.39, 0.29) is 17.3 Å². The Kier molecular flexibility index (Phi) is 1.72. The lowest BCUT2D eigenvalue weighted by Crippen LogP contribution is -2.56. The molecule has 4 aliphatic rings. The van der Waals surface area contributed by atoms with Crippen molar-refractivity contribution < 1.29 is 9.53 Å². The molecule has 2 fully saturated rings. The van der Waals surface area contributed by atoms with E-state index in [1.165, 1.54) is 10.1 Å². The number of rotatable bonds is 0. The van der Waals surface area contributed by atoms with Crippen molar-refractivity contribution >= 4 is 21.7 Å². The van der Waals surface area contributed by atoms with Crippen LogP contribution in [0.25, 0.3) is 0 Å². The Morgan fingerprint density at radius 2 is 2.13 bits per heavy atom. The Hall–Kier alpha value is -0.150. The summed E-state index contributed by atoms with van der Waals surface area (Å²) in [7, 11) is 0. The number of Topliss-reactive ketones (excluding diaryl/α,β-unsaturated/α-hetero) is 1. The van der Waals surface area contributed by atoms with Gasteiger partial charge in [0, 0.05) is 21.7 Å². The van der Waals surface area contributed by atoms with Crippen LogP contribution in [-0.4, -0.2) is 18.0 Å². The van der Waals surface area contributed by atoms with Crippen molar-refractivity contribution in [1.82, 2.24) is 0 Å². The molecule has 4 unspecified atom stereocenters. The number of ether oxygens (including phenoxy) is 1. The zero-order valence-electron chi connectivity index (χ0n) is 9.26. The number of ketones is 1. The Morgan fingerprint density at radius 3 is 2.80 bits per heavy atom. The first kappa shape index (κ1) is 10.0. The standard InChI is InChI=1S/C12H15BrO2/c1-6-7-4-11(2)5-15-12(3,10(7)14)9(11)8(6)13/h7,9H,4-5H2,1-3H3. The maximum atomic E-state index is 12.3. The topological polar surface area (TPSA) is 26.3 Å². The van der Waals surface area contributed by atoms with Crippen LogP contribution in [-0.2, 0) is 9.53 Å². The average molecular weight is 271 g/mol. The molecule has 2 nitrogen and oxygen atoms in total. The first-order chi connectivity index (χ1) is 6.90. The number of allylic oxidation sites excluding steroid dienone is 1. The molecule has 4 rings (SSSR count). The van der Waals surface area contributed by atoms with Gasteiger partial charge in [-0.05, 0) is 20.3 Å². The lowest BCUT2D eigenvalue weighted by atomic mass is 9.54. The molecule has 1 heterocycles. The SMILES string of the molecule is CC1=C(Br)C2C3(C)COC2(C)C(=O)C1C3. The average Bonchev–Trinajstić information content (AvgIpc) is 2.40. The van der Waals surface area contributed by atoms with E-state index >= 15 is 0 Å². The van der Waals surface area contributed by atoms with Crippen molar-refractivity contribution in [2.24, 2.45) is 17.3 Å². The lowest BCUT2D eigenvalue weighted by Gasteiger charge is -2.49. The second kappa shape index (κ2) is 2.57. The summed E-state index contributed by atoms with van der Waals surface area (Å²) >= 11 is 3.68. The van der Waals surface area contributed by atoms with E-state index in [4.69, 9.17) is 4.74 Å². The summed E-state index contributed by atoms with van der Waals surface area (Å²) < 4.78 is 7.04. The third-order valence-electron chi connectivity index (χ3n) is 4.58. The van der Waals surface area contributed by atoms with Gasteiger partial charge >= 0.3 is 0 Å². The Bertz CT molecular complexity index is 400. The molecule has 0 amide bonds. The van der Waals surface area contributed by atoms with E-state index < -0.39 is 5.60 Å². The molecular weight excluding hydrogens is 256 g/mol. The minimum atomic E-state index is -0.560. The molecule has 0 aromatic carbocycles. The second-order valence-corrected chi connectivity index (χ2v) is 6.49. The highest BCUT2D eigenvalue weighted by Gasteiger charge is 2.67. The maximum Gasteiger partial charge on any atom is 0.172 e. The van der Waals surface area contributed by atoms with Crippen LogP contribution >= 0.6 is 15.9 Å². The smallest absolute Gasteiger partial charge is 0.172 e. The van der Waals surface area contributed by atoms with Gasteiger partial charge in [-0.1, -0.05) is 28.4 Å². The largest absolute Gasteiger partial charge is 0.366 e. The third-order valence-corrected chi connectivity index (χ3v) is 5.66. The molecule has 0 aromatic rings. The van der Waals surface area contributed by atoms with Crippen LogP contribution < -0.4 is 0 Å². The fraction of sp³-hybridized carbons (Fsp3) is 0.750. The molecule has 3 heteroatoms. The zero-order chi connectivity index (χ0) is 11.0. The molecule has 0 aromatic heterocycles. The van der Waals surface area contributed by atoms with Crippen molar-refractivity contribution in [3.8, 4) is 0 Å². The monoisotopic (exact) mass is 270 g/mol. The van der Waals surface area contributed by atoms with Gasteiger partial charge < -0.3 is 4.74 Å². The molecule has 0 spiro atoms. The van der Waals surface area contributed by atoms with Crippen molar-refractivity contribution in [2.45, 2.75) is 32.8 Å². The molecular formula is C12H15BrO2. The summed E-state index contributed by atoms with van der Waals surface area (Å²) in [5, 5.41) is 0. The van der Waals surface area contributed by atoms with Gasteiger partial charge in [0.2, 0.25) is 0 Å². The number of hydrogen-bond donors (Lipinski definition) is 0.